The molecule has 0 aliphatic rings. The van der Waals surface area contributed by atoms with Gasteiger partial charge in [0.05, 0.1) is 30.0 Å². The lowest BCUT2D eigenvalue weighted by atomic mass is 10.0. The molecule has 0 aliphatic heterocycles. The van der Waals surface area contributed by atoms with Crippen LogP contribution >= 0.6 is 0 Å². The molecule has 140 valence electrons. The van der Waals surface area contributed by atoms with Crippen molar-refractivity contribution in [3.05, 3.63) is 101 Å². The summed E-state index contributed by atoms with van der Waals surface area (Å²) in [7, 11) is 0. The molecular weight excluding hydrogens is 367 g/mol. The van der Waals surface area contributed by atoms with Crippen LogP contribution in [0.5, 0.6) is 0 Å². The third-order valence-corrected chi connectivity index (χ3v) is 5.00. The molecule has 29 heavy (non-hydrogen) atoms. The van der Waals surface area contributed by atoms with Crippen LogP contribution in [-0.4, -0.2) is 19.5 Å². The Hall–Kier alpha value is -3.93. The molecule has 2 aromatic carbocycles. The van der Waals surface area contributed by atoms with Gasteiger partial charge >= 0.3 is 0 Å². The van der Waals surface area contributed by atoms with Crippen LogP contribution < -0.4 is 5.56 Å². The van der Waals surface area contributed by atoms with Crippen molar-refractivity contribution in [1.29, 1.82) is 0 Å². The Bertz CT molecular complexity index is 1430. The van der Waals surface area contributed by atoms with Gasteiger partial charge in [-0.15, -0.1) is 0 Å². The topological polar surface area (TPSA) is 60.7 Å². The van der Waals surface area contributed by atoms with E-state index in [1.54, 1.807) is 36.9 Å². The van der Waals surface area contributed by atoms with E-state index in [9.17, 15) is 9.18 Å². The van der Waals surface area contributed by atoms with Crippen molar-refractivity contribution >= 4 is 21.8 Å². The molecule has 0 bridgehead atoms. The fourth-order valence-corrected chi connectivity index (χ4v) is 3.46. The molecule has 0 saturated carbocycles. The number of rotatable bonds is 3. The zero-order valence-electron chi connectivity index (χ0n) is 15.3. The highest BCUT2D eigenvalue weighted by Crippen LogP contribution is 2.26. The quantitative estimate of drug-likeness (QED) is 0.469. The summed E-state index contributed by atoms with van der Waals surface area (Å²) in [5, 5.41) is 2.08. The molecule has 5 rings (SSSR count). The maximum Gasteiger partial charge on any atom is 0.269 e. The summed E-state index contributed by atoms with van der Waals surface area (Å²) >= 11 is 0. The normalized spacial score (nSPS) is 11.2. The minimum atomic E-state index is -0.366. The Labute approximate surface area is 165 Å². The lowest BCUT2D eigenvalue weighted by molar-refractivity contribution is 0.599. The molecule has 0 aliphatic carbocycles. The largest absolute Gasteiger partial charge is 0.299 e. The van der Waals surface area contributed by atoms with E-state index in [4.69, 9.17) is 0 Å². The molecule has 5 nitrogen and oxygen atoms in total. The van der Waals surface area contributed by atoms with Crippen molar-refractivity contribution in [3.8, 4) is 11.1 Å². The van der Waals surface area contributed by atoms with Gasteiger partial charge in [-0.25, -0.2) is 9.37 Å². The Morgan fingerprint density at radius 3 is 2.52 bits per heavy atom. The highest BCUT2D eigenvalue weighted by molar-refractivity contribution is 5.86. The second-order valence-electron chi connectivity index (χ2n) is 6.79. The predicted molar refractivity (Wildman–Crippen MR) is 110 cm³/mol. The van der Waals surface area contributed by atoms with Crippen LogP contribution in [0.3, 0.4) is 0 Å². The first kappa shape index (κ1) is 17.2. The van der Waals surface area contributed by atoms with Crippen LogP contribution in [0.1, 0.15) is 5.56 Å². The van der Waals surface area contributed by atoms with Crippen LogP contribution in [0.15, 0.2) is 84.3 Å². The van der Waals surface area contributed by atoms with E-state index in [1.807, 2.05) is 30.3 Å². The number of fused-ring (bicyclic) bond motifs is 2. The molecule has 3 aromatic heterocycles. The Kier molecular flexibility index (Phi) is 4.09. The second-order valence-corrected chi connectivity index (χ2v) is 6.79. The van der Waals surface area contributed by atoms with Gasteiger partial charge in [-0.3, -0.25) is 19.3 Å². The number of halogens is 1. The zero-order chi connectivity index (χ0) is 19.8. The lowest BCUT2D eigenvalue weighted by Crippen LogP contribution is -2.21. The number of benzene rings is 2. The molecule has 6 heteroatoms. The molecule has 3 heterocycles. The van der Waals surface area contributed by atoms with Gasteiger partial charge in [0.25, 0.3) is 5.56 Å². The van der Waals surface area contributed by atoms with Crippen LogP contribution in [0.2, 0.25) is 0 Å². The van der Waals surface area contributed by atoms with Crippen molar-refractivity contribution in [2.45, 2.75) is 6.54 Å². The van der Waals surface area contributed by atoms with Crippen molar-refractivity contribution in [3.63, 3.8) is 0 Å². The Morgan fingerprint density at radius 1 is 0.828 bits per heavy atom. The molecule has 0 N–H and O–H groups in total. The van der Waals surface area contributed by atoms with Crippen LogP contribution in [0.4, 0.5) is 4.39 Å². The van der Waals surface area contributed by atoms with Gasteiger partial charge in [-0.05, 0) is 40.8 Å². The molecule has 0 radical (unpaired) electrons. The van der Waals surface area contributed by atoms with E-state index in [0.717, 1.165) is 21.9 Å². The number of hydrogen-bond acceptors (Lipinski definition) is 4. The molecule has 0 amide bonds. The first-order valence-corrected chi connectivity index (χ1v) is 9.11. The number of pyridine rings is 2. The Balaban J connectivity index is 1.53. The monoisotopic (exact) mass is 382 g/mol. The van der Waals surface area contributed by atoms with E-state index in [2.05, 4.69) is 15.0 Å². The maximum absolute atomic E-state index is 14.9. The number of aromatic nitrogens is 4. The Morgan fingerprint density at radius 2 is 1.62 bits per heavy atom. The van der Waals surface area contributed by atoms with Gasteiger partial charge in [-0.1, -0.05) is 24.3 Å². The first-order valence-electron chi connectivity index (χ1n) is 9.11. The lowest BCUT2D eigenvalue weighted by Gasteiger charge is -2.11. The fraction of sp³-hybridized carbons (Fsp3) is 0.0435. The molecule has 0 spiro atoms. The van der Waals surface area contributed by atoms with Gasteiger partial charge in [0, 0.05) is 29.5 Å². The van der Waals surface area contributed by atoms with E-state index in [1.165, 1.54) is 16.8 Å². The van der Waals surface area contributed by atoms with Gasteiger partial charge in [0.2, 0.25) is 0 Å². The first-order chi connectivity index (χ1) is 14.2. The van der Waals surface area contributed by atoms with E-state index >= 15 is 0 Å². The summed E-state index contributed by atoms with van der Waals surface area (Å²) in [5.74, 6) is -0.366. The highest BCUT2D eigenvalue weighted by Gasteiger charge is 2.10. The standard InChI is InChI=1S/C23H15FN4O/c24-20-10-17(16-2-1-15-5-7-25-11-19(15)9-16)3-4-18(20)14-28-22-12-26-8-6-21(22)27-13-23(28)29/h1-13H,14H2. The van der Waals surface area contributed by atoms with Crippen molar-refractivity contribution in [2.24, 2.45) is 0 Å². The molecule has 0 fully saturated rings. The second kappa shape index (κ2) is 6.91. The molecule has 0 atom stereocenters. The van der Waals surface area contributed by atoms with Crippen LogP contribution in [0, 0.1) is 5.82 Å². The highest BCUT2D eigenvalue weighted by atomic mass is 19.1. The van der Waals surface area contributed by atoms with E-state index in [-0.39, 0.29) is 17.9 Å². The third-order valence-electron chi connectivity index (χ3n) is 5.00. The van der Waals surface area contributed by atoms with Gasteiger partial charge in [0.1, 0.15) is 5.82 Å². The molecule has 0 saturated heterocycles. The van der Waals surface area contributed by atoms with E-state index < -0.39 is 0 Å². The average Bonchev–Trinajstić information content (AvgIpc) is 2.76. The summed E-state index contributed by atoms with van der Waals surface area (Å²) in [6.07, 6.45) is 7.96. The minimum Gasteiger partial charge on any atom is -0.299 e. The summed E-state index contributed by atoms with van der Waals surface area (Å²) in [5.41, 5.74) is 3.02. The van der Waals surface area contributed by atoms with Crippen molar-refractivity contribution in [1.82, 2.24) is 19.5 Å². The average molecular weight is 382 g/mol. The van der Waals surface area contributed by atoms with Crippen LogP contribution in [0.25, 0.3) is 32.9 Å². The van der Waals surface area contributed by atoms with Gasteiger partial charge in [0.15, 0.2) is 0 Å². The molecular formula is C23H15FN4O. The predicted octanol–water partition coefficient (Wildman–Crippen LogP) is 4.19. The van der Waals surface area contributed by atoms with Crippen molar-refractivity contribution < 1.29 is 4.39 Å². The third kappa shape index (κ3) is 3.14. The minimum absolute atomic E-state index is 0.108. The zero-order valence-corrected chi connectivity index (χ0v) is 15.3. The van der Waals surface area contributed by atoms with Crippen molar-refractivity contribution in [2.75, 3.05) is 0 Å². The fourth-order valence-electron chi connectivity index (χ4n) is 3.46. The summed E-state index contributed by atoms with van der Waals surface area (Å²) in [6.45, 7) is 0.108. The van der Waals surface area contributed by atoms with Gasteiger partial charge < -0.3 is 0 Å². The van der Waals surface area contributed by atoms with E-state index in [0.29, 0.717) is 16.6 Å². The summed E-state index contributed by atoms with van der Waals surface area (Å²) in [6, 6.07) is 14.7. The van der Waals surface area contributed by atoms with Gasteiger partial charge in [-0.2, -0.15) is 0 Å². The summed E-state index contributed by atoms with van der Waals surface area (Å²) in [4.78, 5) is 24.6. The molecule has 5 aromatic rings. The number of hydrogen-bond donors (Lipinski definition) is 0. The van der Waals surface area contributed by atoms with Crippen LogP contribution in [-0.2, 0) is 6.54 Å². The maximum atomic E-state index is 14.9. The SMILES string of the molecule is O=c1cnc2ccncc2n1Cc1ccc(-c2ccc3ccncc3c2)cc1F. The summed E-state index contributed by atoms with van der Waals surface area (Å²) < 4.78 is 16.4. The smallest absolute Gasteiger partial charge is 0.269 e. The number of nitrogens with zero attached hydrogens (tertiary/aromatic N) is 4. The molecule has 0 unspecified atom stereocenters.